The number of amides is 2. The number of rotatable bonds is 8. The fraction of sp³-hybridized carbons (Fsp3) is 0.360. The predicted octanol–water partition coefficient (Wildman–Crippen LogP) is -2.06. The van der Waals surface area contributed by atoms with E-state index in [-0.39, 0.29) is 71.9 Å². The van der Waals surface area contributed by atoms with Gasteiger partial charge in [0.2, 0.25) is 5.91 Å². The van der Waals surface area contributed by atoms with Gasteiger partial charge in [0, 0.05) is 38.8 Å². The van der Waals surface area contributed by atoms with Crippen molar-refractivity contribution in [3.05, 3.63) is 69.4 Å². The van der Waals surface area contributed by atoms with Crippen molar-refractivity contribution in [2.24, 2.45) is 0 Å². The molecule has 0 bridgehead atoms. The summed E-state index contributed by atoms with van der Waals surface area (Å²) in [5.41, 5.74) is 0.379. The van der Waals surface area contributed by atoms with Crippen LogP contribution in [-0.4, -0.2) is 57.1 Å². The van der Waals surface area contributed by atoms with E-state index in [1.54, 1.807) is 23.1 Å². The number of aliphatic hydroxyl groups excluding tert-OH is 1. The molecular formula is C25H26FN4NaO5. The van der Waals surface area contributed by atoms with Gasteiger partial charge < -0.3 is 25.0 Å². The monoisotopic (exact) mass is 504 g/mol. The Balaban J connectivity index is 0.00000361. The van der Waals surface area contributed by atoms with Crippen LogP contribution in [0.25, 0.3) is 11.0 Å². The summed E-state index contributed by atoms with van der Waals surface area (Å²) in [5, 5.41) is 25.0. The number of pyridine rings is 2. The number of hydrogen-bond acceptors (Lipinski definition) is 6. The minimum absolute atomic E-state index is 0. The Bertz CT molecular complexity index is 1330. The summed E-state index contributed by atoms with van der Waals surface area (Å²) in [6.45, 7) is 2.26. The quantitative estimate of drug-likeness (QED) is 0.340. The Morgan fingerprint density at radius 1 is 1.22 bits per heavy atom. The van der Waals surface area contributed by atoms with Gasteiger partial charge >= 0.3 is 29.6 Å². The maximum absolute atomic E-state index is 13.4. The summed E-state index contributed by atoms with van der Waals surface area (Å²) < 4.78 is 14.6. The van der Waals surface area contributed by atoms with Crippen LogP contribution >= 0.6 is 0 Å². The van der Waals surface area contributed by atoms with Crippen LogP contribution in [0, 0.1) is 5.82 Å². The molecular weight excluding hydrogens is 478 g/mol. The zero-order valence-electron chi connectivity index (χ0n) is 20.3. The molecule has 2 amide bonds. The second-order valence-corrected chi connectivity index (χ2v) is 8.72. The number of nitrogens with zero attached hydrogens (tertiary/aromatic N) is 3. The molecule has 3 aromatic rings. The molecule has 1 saturated heterocycles. The van der Waals surface area contributed by atoms with Crippen LogP contribution in [-0.2, 0) is 17.8 Å². The van der Waals surface area contributed by atoms with Gasteiger partial charge in [-0.1, -0.05) is 17.9 Å². The first-order valence-corrected chi connectivity index (χ1v) is 11.5. The molecule has 3 heterocycles. The number of fused-ring (bicyclic) bond motifs is 1. The molecule has 1 aliphatic heterocycles. The van der Waals surface area contributed by atoms with Crippen LogP contribution < -0.4 is 45.5 Å². The normalized spacial score (nSPS) is 14.1. The third-order valence-electron chi connectivity index (χ3n) is 5.99. The van der Waals surface area contributed by atoms with Gasteiger partial charge in [0.05, 0.1) is 22.7 Å². The molecule has 9 nitrogen and oxygen atoms in total. The summed E-state index contributed by atoms with van der Waals surface area (Å²) in [5.74, 6) is -2.04. The number of hydrogen-bond donors (Lipinski definition) is 2. The number of carbonyl (C=O) groups is 2. The van der Waals surface area contributed by atoms with Gasteiger partial charge in [-0.05, 0) is 49.1 Å². The van der Waals surface area contributed by atoms with Gasteiger partial charge in [0.1, 0.15) is 5.82 Å². The van der Waals surface area contributed by atoms with E-state index in [0.29, 0.717) is 24.9 Å². The largest absolute Gasteiger partial charge is 1.00 e. The van der Waals surface area contributed by atoms with Gasteiger partial charge in [0.15, 0.2) is 0 Å². The van der Waals surface area contributed by atoms with Gasteiger partial charge in [-0.2, -0.15) is 0 Å². The average Bonchev–Trinajstić information content (AvgIpc) is 3.23. The molecule has 36 heavy (non-hydrogen) atoms. The van der Waals surface area contributed by atoms with Crippen LogP contribution in [0.5, 0.6) is 5.75 Å². The fourth-order valence-corrected chi connectivity index (χ4v) is 4.18. The van der Waals surface area contributed by atoms with Gasteiger partial charge in [-0.15, -0.1) is 0 Å². The first-order chi connectivity index (χ1) is 16.7. The van der Waals surface area contributed by atoms with Crippen molar-refractivity contribution >= 4 is 22.8 Å². The van der Waals surface area contributed by atoms with E-state index in [9.17, 15) is 29.0 Å². The van der Waals surface area contributed by atoms with Gasteiger partial charge in [-0.25, -0.2) is 4.39 Å². The minimum atomic E-state index is -0.883. The maximum Gasteiger partial charge on any atom is 1.00 e. The second-order valence-electron chi connectivity index (χ2n) is 8.72. The van der Waals surface area contributed by atoms with Crippen LogP contribution in [0.1, 0.15) is 41.3 Å². The fourth-order valence-electron chi connectivity index (χ4n) is 4.18. The first kappa shape index (κ1) is 27.8. The topological polar surface area (TPSA) is 128 Å². The molecule has 1 aliphatic rings. The molecule has 0 radical (unpaired) electrons. The number of likely N-dealkylation sites (tertiary alicyclic amines) is 1. The third kappa shape index (κ3) is 6.12. The molecule has 2 aromatic heterocycles. The van der Waals surface area contributed by atoms with Crippen LogP contribution in [0.4, 0.5) is 4.39 Å². The summed E-state index contributed by atoms with van der Waals surface area (Å²) in [6.07, 6.45) is 2.22. The van der Waals surface area contributed by atoms with E-state index in [0.717, 1.165) is 12.0 Å². The Morgan fingerprint density at radius 3 is 2.58 bits per heavy atom. The Hall–Kier alpha value is -2.79. The Kier molecular flexibility index (Phi) is 9.24. The van der Waals surface area contributed by atoms with Crippen molar-refractivity contribution in [3.8, 4) is 5.75 Å². The van der Waals surface area contributed by atoms with Crippen LogP contribution in [0.2, 0.25) is 0 Å². The third-order valence-corrected chi connectivity index (χ3v) is 5.99. The van der Waals surface area contributed by atoms with Crippen molar-refractivity contribution in [2.45, 2.75) is 38.8 Å². The SMILES string of the molecule is C[C@@H](O)CNC(=O)c1c([O-])c2ncc(Cc3ccc(F)cc3)cc2n(CCN2CCCC2=O)c1=O.[Na+]. The predicted molar refractivity (Wildman–Crippen MR) is 124 cm³/mol. The zero-order chi connectivity index (χ0) is 25.1. The Morgan fingerprint density at radius 2 is 1.94 bits per heavy atom. The van der Waals surface area contributed by atoms with E-state index in [2.05, 4.69) is 10.3 Å². The molecule has 0 aliphatic carbocycles. The van der Waals surface area contributed by atoms with Crippen LogP contribution in [0.3, 0.4) is 0 Å². The van der Waals surface area contributed by atoms with E-state index >= 15 is 0 Å². The molecule has 0 saturated carbocycles. The molecule has 2 N–H and O–H groups in total. The molecule has 11 heteroatoms. The summed E-state index contributed by atoms with van der Waals surface area (Å²) in [7, 11) is 0. The van der Waals surface area contributed by atoms with Crippen molar-refractivity contribution in [1.29, 1.82) is 0 Å². The van der Waals surface area contributed by atoms with E-state index in [4.69, 9.17) is 0 Å². The number of benzene rings is 1. The first-order valence-electron chi connectivity index (χ1n) is 11.5. The summed E-state index contributed by atoms with van der Waals surface area (Å²) in [4.78, 5) is 44.0. The average molecular weight is 504 g/mol. The standard InChI is InChI=1S/C25H27FN4O5.Na/c1-15(31)13-28-24(34)21-23(33)22-19(30(25(21)35)10-9-29-8-2-3-20(29)32)12-17(14-27-22)11-16-4-6-18(26)7-5-16;/h4-7,12,14-15,31,33H,2-3,8-11,13H2,1H3,(H,28,34);/q;+1/p-1/t15-;/m1./s1. The van der Waals surface area contributed by atoms with Crippen LogP contribution in [0.15, 0.2) is 41.3 Å². The summed E-state index contributed by atoms with van der Waals surface area (Å²) in [6, 6.07) is 7.64. The van der Waals surface area contributed by atoms with Gasteiger partial charge in [-0.3, -0.25) is 19.4 Å². The molecule has 184 valence electrons. The molecule has 1 aromatic carbocycles. The second kappa shape index (κ2) is 12.0. The minimum Gasteiger partial charge on any atom is -0.870 e. The van der Waals surface area contributed by atoms with E-state index < -0.39 is 28.9 Å². The van der Waals surface area contributed by atoms with Crippen molar-refractivity contribution in [1.82, 2.24) is 19.8 Å². The summed E-state index contributed by atoms with van der Waals surface area (Å²) >= 11 is 0. The maximum atomic E-state index is 13.4. The number of aromatic nitrogens is 2. The van der Waals surface area contributed by atoms with Crippen molar-refractivity contribution in [3.63, 3.8) is 0 Å². The zero-order valence-corrected chi connectivity index (χ0v) is 22.3. The molecule has 0 unspecified atom stereocenters. The number of nitrogens with one attached hydrogen (secondary N) is 1. The molecule has 1 fully saturated rings. The Labute approximate surface area is 229 Å². The molecule has 4 rings (SSSR count). The van der Waals surface area contributed by atoms with E-state index in [1.165, 1.54) is 29.8 Å². The number of aliphatic hydroxyl groups is 1. The molecule has 1 atom stereocenters. The van der Waals surface area contributed by atoms with Crippen molar-refractivity contribution < 1.29 is 53.7 Å². The number of carbonyl (C=O) groups excluding carboxylic acids is 2. The molecule has 0 spiro atoms. The van der Waals surface area contributed by atoms with Crippen molar-refractivity contribution in [2.75, 3.05) is 19.6 Å². The smallest absolute Gasteiger partial charge is 0.870 e. The van der Waals surface area contributed by atoms with E-state index in [1.807, 2.05) is 0 Å². The van der Waals surface area contributed by atoms with Gasteiger partial charge in [0.25, 0.3) is 11.5 Å². The number of halogens is 1.